The molecule has 1 aliphatic rings. The lowest BCUT2D eigenvalue weighted by Crippen LogP contribution is -2.36. The first-order valence-corrected chi connectivity index (χ1v) is 6.87. The third-order valence-corrected chi connectivity index (χ3v) is 3.84. The van der Waals surface area contributed by atoms with Crippen molar-refractivity contribution in [2.75, 3.05) is 5.32 Å². The van der Waals surface area contributed by atoms with Crippen LogP contribution in [-0.2, 0) is 16.8 Å². The minimum absolute atomic E-state index is 0.0200. The van der Waals surface area contributed by atoms with Gasteiger partial charge >= 0.3 is 0 Å². The molecular weight excluding hydrogens is 325 g/mol. The summed E-state index contributed by atoms with van der Waals surface area (Å²) in [6.45, 7) is 0. The molecular formula is C15H11BrFNO2. The summed E-state index contributed by atoms with van der Waals surface area (Å²) < 4.78 is 14.0. The number of anilines is 1. The van der Waals surface area contributed by atoms with E-state index in [1.807, 2.05) is 0 Å². The lowest BCUT2D eigenvalue weighted by Gasteiger charge is -2.21. The summed E-state index contributed by atoms with van der Waals surface area (Å²) in [6, 6.07) is 11.3. The molecule has 20 heavy (non-hydrogen) atoms. The standard InChI is InChI=1S/C15H11BrFNO2/c16-10-5-9(6-11(17)7-10)8-15(20)12-3-1-2-4-13(12)18-14(15)19/h1-7,20H,8H2,(H,18,19). The number of hydrogen-bond donors (Lipinski definition) is 2. The molecule has 1 unspecified atom stereocenters. The maximum absolute atomic E-state index is 13.4. The topological polar surface area (TPSA) is 49.3 Å². The van der Waals surface area contributed by atoms with E-state index >= 15 is 0 Å². The lowest BCUT2D eigenvalue weighted by molar-refractivity contribution is -0.133. The number of para-hydroxylation sites is 1. The molecule has 2 aromatic rings. The largest absolute Gasteiger partial charge is 0.375 e. The Balaban J connectivity index is 2.03. The molecule has 0 radical (unpaired) electrons. The number of nitrogens with one attached hydrogen (secondary N) is 1. The fraction of sp³-hybridized carbons (Fsp3) is 0.133. The van der Waals surface area contributed by atoms with E-state index < -0.39 is 17.3 Å². The van der Waals surface area contributed by atoms with Crippen molar-refractivity contribution in [2.45, 2.75) is 12.0 Å². The number of carbonyl (C=O) groups is 1. The maximum Gasteiger partial charge on any atom is 0.261 e. The van der Waals surface area contributed by atoms with E-state index in [2.05, 4.69) is 21.2 Å². The Morgan fingerprint density at radius 3 is 2.75 bits per heavy atom. The van der Waals surface area contributed by atoms with Gasteiger partial charge in [-0.1, -0.05) is 34.1 Å². The van der Waals surface area contributed by atoms with Crippen molar-refractivity contribution in [2.24, 2.45) is 0 Å². The molecule has 0 spiro atoms. The van der Waals surface area contributed by atoms with Crippen LogP contribution >= 0.6 is 15.9 Å². The number of fused-ring (bicyclic) bond motifs is 1. The summed E-state index contributed by atoms with van der Waals surface area (Å²) in [5.41, 5.74) is -0.00354. The Kier molecular flexibility index (Phi) is 3.11. The molecule has 1 aliphatic heterocycles. The van der Waals surface area contributed by atoms with Crippen LogP contribution in [0.15, 0.2) is 46.9 Å². The van der Waals surface area contributed by atoms with Crippen LogP contribution in [0.2, 0.25) is 0 Å². The predicted octanol–water partition coefficient (Wildman–Crippen LogP) is 2.97. The first kappa shape index (κ1) is 13.3. The van der Waals surface area contributed by atoms with Crippen molar-refractivity contribution in [1.29, 1.82) is 0 Å². The SMILES string of the molecule is O=C1Nc2ccccc2C1(O)Cc1cc(F)cc(Br)c1. The van der Waals surface area contributed by atoms with E-state index in [0.29, 0.717) is 21.3 Å². The van der Waals surface area contributed by atoms with Gasteiger partial charge in [-0.25, -0.2) is 4.39 Å². The van der Waals surface area contributed by atoms with Crippen molar-refractivity contribution in [3.05, 3.63) is 63.9 Å². The van der Waals surface area contributed by atoms with Gasteiger partial charge in [-0.15, -0.1) is 0 Å². The van der Waals surface area contributed by atoms with Gasteiger partial charge in [-0.3, -0.25) is 4.79 Å². The minimum atomic E-state index is -1.66. The lowest BCUT2D eigenvalue weighted by atomic mass is 9.88. The zero-order valence-corrected chi connectivity index (χ0v) is 11.9. The van der Waals surface area contributed by atoms with Crippen LogP contribution in [-0.4, -0.2) is 11.0 Å². The van der Waals surface area contributed by atoms with Gasteiger partial charge in [0.15, 0.2) is 5.60 Å². The van der Waals surface area contributed by atoms with Gasteiger partial charge in [-0.05, 0) is 29.8 Å². The minimum Gasteiger partial charge on any atom is -0.375 e. The molecule has 0 aromatic heterocycles. The first-order chi connectivity index (χ1) is 9.49. The average Bonchev–Trinajstić information content (AvgIpc) is 2.61. The van der Waals surface area contributed by atoms with E-state index in [-0.39, 0.29) is 6.42 Å². The van der Waals surface area contributed by atoms with Gasteiger partial charge in [0, 0.05) is 22.1 Å². The van der Waals surface area contributed by atoms with Gasteiger partial charge < -0.3 is 10.4 Å². The van der Waals surface area contributed by atoms with E-state index in [1.54, 1.807) is 30.3 Å². The molecule has 1 amide bonds. The fourth-order valence-corrected chi connectivity index (χ4v) is 3.00. The number of benzene rings is 2. The number of halogens is 2. The summed E-state index contributed by atoms with van der Waals surface area (Å²) >= 11 is 3.20. The fourth-order valence-electron chi connectivity index (χ4n) is 2.48. The third-order valence-electron chi connectivity index (χ3n) is 3.38. The predicted molar refractivity (Wildman–Crippen MR) is 76.8 cm³/mol. The van der Waals surface area contributed by atoms with Crippen LogP contribution in [0, 0.1) is 5.82 Å². The maximum atomic E-state index is 13.4. The van der Waals surface area contributed by atoms with Gasteiger partial charge in [0.05, 0.1) is 0 Å². The molecule has 2 aromatic carbocycles. The van der Waals surface area contributed by atoms with Crippen LogP contribution < -0.4 is 5.32 Å². The quantitative estimate of drug-likeness (QED) is 0.886. The van der Waals surface area contributed by atoms with E-state index in [0.717, 1.165) is 0 Å². The molecule has 102 valence electrons. The van der Waals surface area contributed by atoms with Gasteiger partial charge in [-0.2, -0.15) is 0 Å². The molecule has 0 saturated heterocycles. The van der Waals surface area contributed by atoms with Crippen LogP contribution in [0.5, 0.6) is 0 Å². The summed E-state index contributed by atoms with van der Waals surface area (Å²) in [5.74, 6) is -0.899. The molecule has 1 atom stereocenters. The molecule has 0 bridgehead atoms. The zero-order chi connectivity index (χ0) is 14.3. The molecule has 3 nitrogen and oxygen atoms in total. The second-order valence-electron chi connectivity index (χ2n) is 4.81. The smallest absolute Gasteiger partial charge is 0.261 e. The highest BCUT2D eigenvalue weighted by atomic mass is 79.9. The van der Waals surface area contributed by atoms with Crippen molar-refractivity contribution in [3.63, 3.8) is 0 Å². The summed E-state index contributed by atoms with van der Waals surface area (Å²) in [5, 5.41) is 13.3. The summed E-state index contributed by atoms with van der Waals surface area (Å²) in [4.78, 5) is 12.1. The summed E-state index contributed by atoms with van der Waals surface area (Å²) in [7, 11) is 0. The van der Waals surface area contributed by atoms with Crippen molar-refractivity contribution in [1.82, 2.24) is 0 Å². The molecule has 3 rings (SSSR count). The third kappa shape index (κ3) is 2.13. The highest BCUT2D eigenvalue weighted by Gasteiger charge is 2.45. The molecule has 0 aliphatic carbocycles. The van der Waals surface area contributed by atoms with Crippen molar-refractivity contribution < 1.29 is 14.3 Å². The second kappa shape index (κ2) is 4.68. The van der Waals surface area contributed by atoms with E-state index in [9.17, 15) is 14.3 Å². The van der Waals surface area contributed by atoms with Crippen LogP contribution in [0.25, 0.3) is 0 Å². The van der Waals surface area contributed by atoms with Gasteiger partial charge in [0.1, 0.15) is 5.82 Å². The Labute approximate surface area is 123 Å². The Bertz CT molecular complexity index is 684. The normalized spacial score (nSPS) is 20.6. The first-order valence-electron chi connectivity index (χ1n) is 6.07. The molecule has 1 heterocycles. The van der Waals surface area contributed by atoms with Gasteiger partial charge in [0.25, 0.3) is 5.91 Å². The Hall–Kier alpha value is -1.72. The number of hydrogen-bond acceptors (Lipinski definition) is 2. The molecule has 0 saturated carbocycles. The summed E-state index contributed by atoms with van der Waals surface area (Å²) in [6.07, 6.45) is 0.0200. The average molecular weight is 336 g/mol. The molecule has 5 heteroatoms. The van der Waals surface area contributed by atoms with Crippen LogP contribution in [0.1, 0.15) is 11.1 Å². The van der Waals surface area contributed by atoms with Crippen molar-refractivity contribution in [3.8, 4) is 0 Å². The monoisotopic (exact) mass is 335 g/mol. The Morgan fingerprint density at radius 2 is 2.00 bits per heavy atom. The van der Waals surface area contributed by atoms with E-state index in [4.69, 9.17) is 0 Å². The van der Waals surface area contributed by atoms with Gasteiger partial charge in [0.2, 0.25) is 0 Å². The Morgan fingerprint density at radius 1 is 1.25 bits per heavy atom. The second-order valence-corrected chi connectivity index (χ2v) is 5.73. The number of carbonyl (C=O) groups excluding carboxylic acids is 1. The van der Waals surface area contributed by atoms with Crippen LogP contribution in [0.3, 0.4) is 0 Å². The number of rotatable bonds is 2. The highest BCUT2D eigenvalue weighted by molar-refractivity contribution is 9.10. The van der Waals surface area contributed by atoms with E-state index in [1.165, 1.54) is 12.1 Å². The number of amides is 1. The highest BCUT2D eigenvalue weighted by Crippen LogP contribution is 2.38. The van der Waals surface area contributed by atoms with Crippen LogP contribution in [0.4, 0.5) is 10.1 Å². The number of aliphatic hydroxyl groups is 1. The molecule has 2 N–H and O–H groups in total. The zero-order valence-electron chi connectivity index (χ0n) is 10.4. The van der Waals surface area contributed by atoms with Crippen molar-refractivity contribution >= 4 is 27.5 Å². The molecule has 0 fully saturated rings.